The van der Waals surface area contributed by atoms with Gasteiger partial charge in [-0.05, 0) is 36.8 Å². The second kappa shape index (κ2) is 6.14. The van der Waals surface area contributed by atoms with Gasteiger partial charge in [0.2, 0.25) is 0 Å². The third-order valence-corrected chi connectivity index (χ3v) is 3.04. The third kappa shape index (κ3) is 4.23. The van der Waals surface area contributed by atoms with Crippen molar-refractivity contribution in [3.63, 3.8) is 0 Å². The molecule has 1 N–H and O–H groups in total. The fourth-order valence-corrected chi connectivity index (χ4v) is 1.77. The Balaban J connectivity index is 2.35. The zero-order valence-electron chi connectivity index (χ0n) is 9.41. The van der Waals surface area contributed by atoms with E-state index in [0.29, 0.717) is 5.92 Å². The van der Waals surface area contributed by atoms with Gasteiger partial charge in [-0.3, -0.25) is 0 Å². The van der Waals surface area contributed by atoms with Crippen LogP contribution in [0.3, 0.4) is 0 Å². The predicted molar refractivity (Wildman–Crippen MR) is 65.2 cm³/mol. The van der Waals surface area contributed by atoms with Crippen molar-refractivity contribution in [2.24, 2.45) is 5.92 Å². The Kier molecular flexibility index (Phi) is 5.13. The van der Waals surface area contributed by atoms with Crippen molar-refractivity contribution >= 4 is 11.6 Å². The highest BCUT2D eigenvalue weighted by Crippen LogP contribution is 2.18. The van der Waals surface area contributed by atoms with E-state index in [1.807, 2.05) is 38.1 Å². The number of halogens is 1. The van der Waals surface area contributed by atoms with Gasteiger partial charge < -0.3 is 5.11 Å². The first-order chi connectivity index (χ1) is 7.11. The quantitative estimate of drug-likeness (QED) is 0.812. The molecule has 0 saturated heterocycles. The molecule has 1 nitrogen and oxygen atoms in total. The number of rotatable bonds is 5. The molecular weight excluding hydrogens is 208 g/mol. The van der Waals surface area contributed by atoms with E-state index in [1.165, 1.54) is 5.56 Å². The molecule has 15 heavy (non-hydrogen) atoms. The van der Waals surface area contributed by atoms with Crippen molar-refractivity contribution in [1.82, 2.24) is 0 Å². The molecule has 2 heteroatoms. The van der Waals surface area contributed by atoms with Crippen LogP contribution in [0, 0.1) is 5.92 Å². The van der Waals surface area contributed by atoms with Crippen molar-refractivity contribution in [1.29, 1.82) is 0 Å². The smallest absolute Gasteiger partial charge is 0.0563 e. The Morgan fingerprint density at radius 3 is 2.53 bits per heavy atom. The average molecular weight is 227 g/mol. The Hall–Kier alpha value is -0.530. The van der Waals surface area contributed by atoms with Gasteiger partial charge in [0, 0.05) is 5.02 Å². The predicted octanol–water partition coefficient (Wildman–Crippen LogP) is 3.68. The Bertz CT molecular complexity index is 296. The minimum absolute atomic E-state index is 0.188. The van der Waals surface area contributed by atoms with Gasteiger partial charge in [-0.25, -0.2) is 0 Å². The Morgan fingerprint density at radius 1 is 1.27 bits per heavy atom. The van der Waals surface area contributed by atoms with Crippen LogP contribution < -0.4 is 0 Å². The van der Waals surface area contributed by atoms with Gasteiger partial charge in [-0.1, -0.05) is 43.6 Å². The zero-order chi connectivity index (χ0) is 11.3. The molecule has 0 radical (unpaired) electrons. The molecular formula is C13H19ClO. The monoisotopic (exact) mass is 226 g/mol. The Morgan fingerprint density at radius 2 is 1.93 bits per heavy atom. The van der Waals surface area contributed by atoms with Crippen LogP contribution >= 0.6 is 11.6 Å². The number of aliphatic hydroxyl groups is 1. The molecule has 1 rings (SSSR count). The minimum atomic E-state index is -0.188. The highest BCUT2D eigenvalue weighted by Gasteiger charge is 2.08. The molecule has 0 saturated carbocycles. The molecule has 1 unspecified atom stereocenters. The molecule has 0 aliphatic carbocycles. The number of benzene rings is 1. The van der Waals surface area contributed by atoms with Crippen molar-refractivity contribution in [3.05, 3.63) is 34.9 Å². The first kappa shape index (κ1) is 12.5. The van der Waals surface area contributed by atoms with E-state index in [0.717, 1.165) is 24.3 Å². The van der Waals surface area contributed by atoms with Gasteiger partial charge >= 0.3 is 0 Å². The maximum atomic E-state index is 9.64. The molecule has 0 aliphatic rings. The number of aryl methyl sites for hydroxylation is 1. The van der Waals surface area contributed by atoms with Crippen LogP contribution in [-0.4, -0.2) is 11.2 Å². The lowest BCUT2D eigenvalue weighted by molar-refractivity contribution is 0.114. The molecule has 1 aromatic carbocycles. The summed E-state index contributed by atoms with van der Waals surface area (Å²) in [5.41, 5.74) is 1.18. The van der Waals surface area contributed by atoms with Crippen LogP contribution in [0.15, 0.2) is 24.3 Å². The van der Waals surface area contributed by atoms with Gasteiger partial charge in [-0.15, -0.1) is 0 Å². The fourth-order valence-electron chi connectivity index (χ4n) is 1.54. The third-order valence-electron chi connectivity index (χ3n) is 2.67. The summed E-state index contributed by atoms with van der Waals surface area (Å²) in [4.78, 5) is 0. The topological polar surface area (TPSA) is 20.2 Å². The van der Waals surface area contributed by atoms with Crippen LogP contribution in [0.5, 0.6) is 0 Å². The van der Waals surface area contributed by atoms with Crippen LogP contribution in [0.1, 0.15) is 32.3 Å². The van der Waals surface area contributed by atoms with E-state index in [4.69, 9.17) is 11.6 Å². The Labute approximate surface area is 97.1 Å². The maximum absolute atomic E-state index is 9.64. The molecule has 0 fully saturated rings. The lowest BCUT2D eigenvalue weighted by atomic mass is 9.99. The highest BCUT2D eigenvalue weighted by atomic mass is 35.5. The van der Waals surface area contributed by atoms with Gasteiger partial charge in [0.1, 0.15) is 0 Å². The van der Waals surface area contributed by atoms with Gasteiger partial charge in [0.15, 0.2) is 0 Å². The van der Waals surface area contributed by atoms with Crippen LogP contribution in [-0.2, 0) is 6.42 Å². The van der Waals surface area contributed by atoms with Gasteiger partial charge in [0.25, 0.3) is 0 Å². The first-order valence-electron chi connectivity index (χ1n) is 5.52. The molecule has 0 amide bonds. The summed E-state index contributed by atoms with van der Waals surface area (Å²) in [5, 5.41) is 10.5. The largest absolute Gasteiger partial charge is 0.393 e. The van der Waals surface area contributed by atoms with E-state index >= 15 is 0 Å². The molecule has 0 aromatic heterocycles. The number of aliphatic hydroxyl groups excluding tert-OH is 1. The summed E-state index contributed by atoms with van der Waals surface area (Å²) in [5.74, 6) is 0.344. The highest BCUT2D eigenvalue weighted by molar-refractivity contribution is 6.31. The second-order valence-electron chi connectivity index (χ2n) is 4.30. The molecule has 1 aromatic rings. The molecule has 0 heterocycles. The lowest BCUT2D eigenvalue weighted by Crippen LogP contribution is -2.14. The van der Waals surface area contributed by atoms with E-state index < -0.39 is 0 Å². The summed E-state index contributed by atoms with van der Waals surface area (Å²) < 4.78 is 0. The van der Waals surface area contributed by atoms with Gasteiger partial charge in [-0.2, -0.15) is 0 Å². The molecule has 0 spiro atoms. The zero-order valence-corrected chi connectivity index (χ0v) is 10.2. The SMILES string of the molecule is CC(C)C(O)CCCc1ccccc1Cl. The van der Waals surface area contributed by atoms with Crippen molar-refractivity contribution in [2.75, 3.05) is 0 Å². The molecule has 0 bridgehead atoms. The number of hydrogen-bond donors (Lipinski definition) is 1. The van der Waals surface area contributed by atoms with E-state index in [1.54, 1.807) is 0 Å². The van der Waals surface area contributed by atoms with Crippen molar-refractivity contribution in [3.8, 4) is 0 Å². The molecule has 0 aliphatic heterocycles. The minimum Gasteiger partial charge on any atom is -0.393 e. The van der Waals surface area contributed by atoms with E-state index in [9.17, 15) is 5.11 Å². The fraction of sp³-hybridized carbons (Fsp3) is 0.538. The summed E-state index contributed by atoms with van der Waals surface area (Å²) >= 11 is 6.04. The summed E-state index contributed by atoms with van der Waals surface area (Å²) in [6, 6.07) is 7.90. The lowest BCUT2D eigenvalue weighted by Gasteiger charge is -2.14. The van der Waals surface area contributed by atoms with Gasteiger partial charge in [0.05, 0.1) is 6.10 Å². The standard InChI is InChI=1S/C13H19ClO/c1-10(2)13(15)9-5-7-11-6-3-4-8-12(11)14/h3-4,6,8,10,13,15H,5,7,9H2,1-2H3. The number of hydrogen-bond acceptors (Lipinski definition) is 1. The van der Waals surface area contributed by atoms with E-state index in [2.05, 4.69) is 0 Å². The van der Waals surface area contributed by atoms with Crippen LogP contribution in [0.2, 0.25) is 5.02 Å². The second-order valence-corrected chi connectivity index (χ2v) is 4.70. The summed E-state index contributed by atoms with van der Waals surface area (Å²) in [6.07, 6.45) is 2.60. The van der Waals surface area contributed by atoms with Crippen molar-refractivity contribution in [2.45, 2.75) is 39.2 Å². The summed E-state index contributed by atoms with van der Waals surface area (Å²) in [7, 11) is 0. The maximum Gasteiger partial charge on any atom is 0.0563 e. The average Bonchev–Trinajstić information content (AvgIpc) is 2.20. The first-order valence-corrected chi connectivity index (χ1v) is 5.90. The van der Waals surface area contributed by atoms with Crippen LogP contribution in [0.25, 0.3) is 0 Å². The molecule has 1 atom stereocenters. The molecule has 84 valence electrons. The normalized spacial score (nSPS) is 13.1. The summed E-state index contributed by atoms with van der Waals surface area (Å²) in [6.45, 7) is 4.08. The van der Waals surface area contributed by atoms with Crippen LogP contribution in [0.4, 0.5) is 0 Å². The van der Waals surface area contributed by atoms with Crippen molar-refractivity contribution < 1.29 is 5.11 Å². The van der Waals surface area contributed by atoms with E-state index in [-0.39, 0.29) is 6.10 Å².